The number of aromatic nitrogens is 2. The lowest BCUT2D eigenvalue weighted by molar-refractivity contribution is -0.121. The third-order valence-electron chi connectivity index (χ3n) is 5.37. The van der Waals surface area contributed by atoms with E-state index in [1.165, 1.54) is 11.1 Å². The summed E-state index contributed by atoms with van der Waals surface area (Å²) in [6, 6.07) is 13.6. The first-order chi connectivity index (χ1) is 15.3. The Hall–Kier alpha value is -3.78. The molecule has 0 saturated carbocycles. The molecule has 0 fully saturated rings. The van der Waals surface area contributed by atoms with E-state index in [2.05, 4.69) is 63.7 Å². The molecule has 0 aliphatic carbocycles. The molecule has 0 spiro atoms. The van der Waals surface area contributed by atoms with Crippen LogP contribution in [-0.4, -0.2) is 34.3 Å². The molecule has 164 valence electrons. The van der Waals surface area contributed by atoms with Crippen LogP contribution >= 0.6 is 0 Å². The van der Waals surface area contributed by atoms with Crippen LogP contribution in [-0.2, 0) is 4.79 Å². The molecule has 0 radical (unpaired) electrons. The SMILES string of the molecule is Cc1cccc([C@@H](C)Nc2nc(C)nc3ccc(C(N)=CC4=NCC(N)C(=O)N4)cc23)c1. The number of hydrogen-bond acceptors (Lipinski definition) is 7. The Morgan fingerprint density at radius 2 is 2.03 bits per heavy atom. The Kier molecular flexibility index (Phi) is 5.87. The van der Waals surface area contributed by atoms with E-state index in [0.717, 1.165) is 22.3 Å². The van der Waals surface area contributed by atoms with Crippen molar-refractivity contribution in [3.05, 3.63) is 71.1 Å². The molecule has 2 aromatic carbocycles. The molecule has 1 aliphatic heterocycles. The van der Waals surface area contributed by atoms with Gasteiger partial charge in [-0.3, -0.25) is 9.79 Å². The van der Waals surface area contributed by atoms with Crippen molar-refractivity contribution >= 4 is 34.2 Å². The fourth-order valence-corrected chi connectivity index (χ4v) is 3.61. The van der Waals surface area contributed by atoms with Crippen molar-refractivity contribution in [1.29, 1.82) is 0 Å². The number of fused-ring (bicyclic) bond motifs is 1. The fourth-order valence-electron chi connectivity index (χ4n) is 3.61. The fraction of sp³-hybridized carbons (Fsp3) is 0.250. The number of aliphatic imine (C=N–C) groups is 1. The summed E-state index contributed by atoms with van der Waals surface area (Å²) in [5, 5.41) is 7.05. The standard InChI is InChI=1S/C24H27N7O/c1-13-5-4-6-16(9-13)14(2)28-23-18-10-17(7-8-21(18)29-15(3)30-23)19(25)11-22-27-12-20(26)24(32)31-22/h4-11,14,20H,12,25-26H2,1-3H3,(H,27,31,32)(H,28,29,30)/t14-,20?/m1/s1. The first-order valence-electron chi connectivity index (χ1n) is 10.5. The van der Waals surface area contributed by atoms with Gasteiger partial charge in [0.25, 0.3) is 0 Å². The Balaban J connectivity index is 1.68. The van der Waals surface area contributed by atoms with Gasteiger partial charge in [0, 0.05) is 23.2 Å². The molecule has 6 N–H and O–H groups in total. The van der Waals surface area contributed by atoms with Gasteiger partial charge in [-0.1, -0.05) is 35.9 Å². The van der Waals surface area contributed by atoms with E-state index >= 15 is 0 Å². The topological polar surface area (TPSA) is 131 Å². The van der Waals surface area contributed by atoms with Gasteiger partial charge in [0.2, 0.25) is 5.91 Å². The Morgan fingerprint density at radius 1 is 1.22 bits per heavy atom. The van der Waals surface area contributed by atoms with Crippen LogP contribution < -0.4 is 22.1 Å². The van der Waals surface area contributed by atoms with Crippen LogP contribution in [0.3, 0.4) is 0 Å². The van der Waals surface area contributed by atoms with Gasteiger partial charge in [-0.2, -0.15) is 0 Å². The molecule has 0 bridgehead atoms. The smallest absolute Gasteiger partial charge is 0.244 e. The number of amidine groups is 1. The number of rotatable bonds is 5. The predicted molar refractivity (Wildman–Crippen MR) is 128 cm³/mol. The summed E-state index contributed by atoms with van der Waals surface area (Å²) in [6.07, 6.45) is 1.64. The summed E-state index contributed by atoms with van der Waals surface area (Å²) in [7, 11) is 0. The van der Waals surface area contributed by atoms with Gasteiger partial charge in [-0.25, -0.2) is 9.97 Å². The summed E-state index contributed by atoms with van der Waals surface area (Å²) >= 11 is 0. The van der Waals surface area contributed by atoms with Crippen molar-refractivity contribution in [1.82, 2.24) is 15.3 Å². The average molecular weight is 430 g/mol. The minimum Gasteiger partial charge on any atom is -0.398 e. The highest BCUT2D eigenvalue weighted by molar-refractivity contribution is 6.10. The maximum Gasteiger partial charge on any atom is 0.244 e. The molecule has 8 heteroatoms. The second-order valence-corrected chi connectivity index (χ2v) is 8.05. The lowest BCUT2D eigenvalue weighted by atomic mass is 10.0. The Bertz CT molecular complexity index is 1250. The van der Waals surface area contributed by atoms with Gasteiger partial charge in [0.15, 0.2) is 0 Å². The predicted octanol–water partition coefficient (Wildman–Crippen LogP) is 2.57. The van der Waals surface area contributed by atoms with E-state index in [-0.39, 0.29) is 18.5 Å². The number of amides is 1. The van der Waals surface area contributed by atoms with E-state index in [0.29, 0.717) is 17.4 Å². The zero-order chi connectivity index (χ0) is 22.8. The third-order valence-corrected chi connectivity index (χ3v) is 5.37. The van der Waals surface area contributed by atoms with E-state index in [4.69, 9.17) is 11.5 Å². The van der Waals surface area contributed by atoms with Gasteiger partial charge in [0.1, 0.15) is 23.5 Å². The van der Waals surface area contributed by atoms with Crippen LogP contribution in [0, 0.1) is 13.8 Å². The summed E-state index contributed by atoms with van der Waals surface area (Å²) in [5.41, 5.74) is 16.5. The highest BCUT2D eigenvalue weighted by atomic mass is 16.2. The highest BCUT2D eigenvalue weighted by Gasteiger charge is 2.19. The monoisotopic (exact) mass is 429 g/mol. The van der Waals surface area contributed by atoms with Gasteiger partial charge >= 0.3 is 0 Å². The molecule has 1 unspecified atom stereocenters. The highest BCUT2D eigenvalue weighted by Crippen LogP contribution is 2.27. The van der Waals surface area contributed by atoms with Crippen molar-refractivity contribution in [2.45, 2.75) is 32.9 Å². The summed E-state index contributed by atoms with van der Waals surface area (Å²) in [5.74, 6) is 1.56. The zero-order valence-corrected chi connectivity index (χ0v) is 18.4. The molecule has 1 aliphatic rings. The second kappa shape index (κ2) is 8.76. The normalized spacial score (nSPS) is 17.6. The van der Waals surface area contributed by atoms with Crippen molar-refractivity contribution in [2.24, 2.45) is 16.5 Å². The number of benzene rings is 2. The van der Waals surface area contributed by atoms with E-state index in [1.54, 1.807) is 6.08 Å². The summed E-state index contributed by atoms with van der Waals surface area (Å²) < 4.78 is 0. The number of nitrogens with zero attached hydrogens (tertiary/aromatic N) is 3. The first-order valence-corrected chi connectivity index (χ1v) is 10.5. The molecule has 1 amide bonds. The molecular weight excluding hydrogens is 402 g/mol. The number of carbonyl (C=O) groups excluding carboxylic acids is 1. The van der Waals surface area contributed by atoms with Gasteiger partial charge in [-0.15, -0.1) is 0 Å². The first kappa shape index (κ1) is 21.5. The quantitative estimate of drug-likeness (QED) is 0.493. The number of nitrogens with one attached hydrogen (secondary N) is 2. The number of aryl methyl sites for hydroxylation is 2. The molecular formula is C24H27N7O. The number of nitrogens with two attached hydrogens (primary N) is 2. The van der Waals surface area contributed by atoms with Crippen molar-refractivity contribution in [3.8, 4) is 0 Å². The van der Waals surface area contributed by atoms with Crippen LogP contribution in [0.25, 0.3) is 16.6 Å². The lowest BCUT2D eigenvalue weighted by Crippen LogP contribution is -2.48. The van der Waals surface area contributed by atoms with Crippen LogP contribution in [0.4, 0.5) is 5.82 Å². The molecule has 8 nitrogen and oxygen atoms in total. The van der Waals surface area contributed by atoms with Crippen LogP contribution in [0.15, 0.2) is 53.5 Å². The maximum absolute atomic E-state index is 11.8. The molecule has 1 aromatic heterocycles. The van der Waals surface area contributed by atoms with E-state index in [9.17, 15) is 4.79 Å². The molecule has 3 aromatic rings. The van der Waals surface area contributed by atoms with Gasteiger partial charge < -0.3 is 22.1 Å². The summed E-state index contributed by atoms with van der Waals surface area (Å²) in [6.45, 7) is 6.29. The van der Waals surface area contributed by atoms with Gasteiger partial charge in [-0.05, 0) is 44.0 Å². The van der Waals surface area contributed by atoms with Crippen molar-refractivity contribution < 1.29 is 4.79 Å². The van der Waals surface area contributed by atoms with Crippen LogP contribution in [0.5, 0.6) is 0 Å². The number of hydrogen-bond donors (Lipinski definition) is 4. The summed E-state index contributed by atoms with van der Waals surface area (Å²) in [4.78, 5) is 25.3. The molecule has 2 heterocycles. The maximum atomic E-state index is 11.8. The van der Waals surface area contributed by atoms with E-state index in [1.807, 2.05) is 25.1 Å². The molecule has 32 heavy (non-hydrogen) atoms. The average Bonchev–Trinajstić information content (AvgIpc) is 2.76. The number of carbonyl (C=O) groups is 1. The number of anilines is 1. The van der Waals surface area contributed by atoms with E-state index < -0.39 is 6.04 Å². The van der Waals surface area contributed by atoms with Crippen LogP contribution in [0.2, 0.25) is 0 Å². The van der Waals surface area contributed by atoms with Crippen molar-refractivity contribution in [2.75, 3.05) is 11.9 Å². The minimum atomic E-state index is -0.626. The third kappa shape index (κ3) is 4.60. The molecule has 0 saturated heterocycles. The van der Waals surface area contributed by atoms with Gasteiger partial charge in [0.05, 0.1) is 12.1 Å². The second-order valence-electron chi connectivity index (χ2n) is 8.05. The largest absolute Gasteiger partial charge is 0.398 e. The zero-order valence-electron chi connectivity index (χ0n) is 18.4. The van der Waals surface area contributed by atoms with Crippen LogP contribution in [0.1, 0.15) is 35.5 Å². The van der Waals surface area contributed by atoms with Crippen molar-refractivity contribution in [3.63, 3.8) is 0 Å². The Labute approximate surface area is 186 Å². The lowest BCUT2D eigenvalue weighted by Gasteiger charge is -2.18. The molecule has 2 atom stereocenters. The Morgan fingerprint density at radius 3 is 2.78 bits per heavy atom. The molecule has 4 rings (SSSR count). The minimum absolute atomic E-state index is 0.0555.